The van der Waals surface area contributed by atoms with Crippen molar-refractivity contribution in [2.75, 3.05) is 0 Å². The summed E-state index contributed by atoms with van der Waals surface area (Å²) in [6.07, 6.45) is 5.29. The van der Waals surface area contributed by atoms with Gasteiger partial charge in [0.15, 0.2) is 10.8 Å². The zero-order valence-corrected chi connectivity index (χ0v) is 13.4. The molecule has 0 amide bonds. The van der Waals surface area contributed by atoms with Gasteiger partial charge in [-0.2, -0.15) is 0 Å². The highest BCUT2D eigenvalue weighted by Gasteiger charge is 2.14. The summed E-state index contributed by atoms with van der Waals surface area (Å²) in [6, 6.07) is 14.1. The summed E-state index contributed by atoms with van der Waals surface area (Å²) in [5, 5.41) is 0.826. The van der Waals surface area contributed by atoms with E-state index < -0.39 is 0 Å². The van der Waals surface area contributed by atoms with Crippen LogP contribution in [0.25, 0.3) is 16.9 Å². The maximum absolute atomic E-state index is 13.3. The third kappa shape index (κ3) is 2.88. The normalized spacial score (nSPS) is 11.0. The zero-order valence-electron chi connectivity index (χ0n) is 12.6. The van der Waals surface area contributed by atoms with E-state index in [9.17, 15) is 4.39 Å². The lowest BCUT2D eigenvalue weighted by molar-refractivity contribution is 0.627. The minimum absolute atomic E-state index is 0.262. The van der Waals surface area contributed by atoms with Crippen molar-refractivity contribution in [2.24, 2.45) is 0 Å². The first-order chi connectivity index (χ1) is 11.8. The van der Waals surface area contributed by atoms with Crippen LogP contribution in [0.1, 0.15) is 5.56 Å². The van der Waals surface area contributed by atoms with E-state index in [4.69, 9.17) is 0 Å². The minimum atomic E-state index is -0.262. The Morgan fingerprint density at radius 2 is 1.75 bits per heavy atom. The van der Waals surface area contributed by atoms with Crippen LogP contribution in [0.2, 0.25) is 0 Å². The van der Waals surface area contributed by atoms with E-state index in [-0.39, 0.29) is 5.82 Å². The quantitative estimate of drug-likeness (QED) is 0.523. The summed E-state index contributed by atoms with van der Waals surface area (Å²) in [4.78, 5) is 13.2. The van der Waals surface area contributed by atoms with Crippen molar-refractivity contribution in [2.45, 2.75) is 10.9 Å². The lowest BCUT2D eigenvalue weighted by atomic mass is 10.3. The van der Waals surface area contributed by atoms with Gasteiger partial charge in [-0.25, -0.2) is 14.4 Å². The van der Waals surface area contributed by atoms with Crippen molar-refractivity contribution in [1.29, 1.82) is 0 Å². The standard InChI is InChI=1S/C18H13FN4S/c19-14-3-5-15(6-4-14)23-17-16(2-1-9-21-17)22-18(23)24-12-13-7-10-20-11-8-13/h1-11H,12H2. The van der Waals surface area contributed by atoms with Gasteiger partial charge >= 0.3 is 0 Å². The predicted octanol–water partition coefficient (Wildman–Crippen LogP) is 4.25. The highest BCUT2D eigenvalue weighted by molar-refractivity contribution is 7.98. The summed E-state index contributed by atoms with van der Waals surface area (Å²) in [5.41, 5.74) is 3.59. The highest BCUT2D eigenvalue weighted by atomic mass is 32.2. The molecule has 0 atom stereocenters. The van der Waals surface area contributed by atoms with Crippen LogP contribution in [0, 0.1) is 5.82 Å². The zero-order chi connectivity index (χ0) is 16.4. The molecule has 3 heterocycles. The maximum Gasteiger partial charge on any atom is 0.175 e. The van der Waals surface area contributed by atoms with Gasteiger partial charge in [0.25, 0.3) is 0 Å². The lowest BCUT2D eigenvalue weighted by Gasteiger charge is -2.08. The topological polar surface area (TPSA) is 43.6 Å². The summed E-state index contributed by atoms with van der Waals surface area (Å²) in [7, 11) is 0. The molecule has 0 aliphatic heterocycles. The number of pyridine rings is 2. The molecule has 0 radical (unpaired) electrons. The number of benzene rings is 1. The summed E-state index contributed by atoms with van der Waals surface area (Å²) in [5.74, 6) is 0.509. The molecule has 1 aromatic carbocycles. The van der Waals surface area contributed by atoms with E-state index in [1.165, 1.54) is 17.7 Å². The molecule has 0 unspecified atom stereocenters. The van der Waals surface area contributed by atoms with Gasteiger partial charge in [-0.05, 0) is 54.1 Å². The number of aromatic nitrogens is 4. The van der Waals surface area contributed by atoms with Crippen LogP contribution in [0.3, 0.4) is 0 Å². The van der Waals surface area contributed by atoms with Gasteiger partial charge in [-0.3, -0.25) is 9.55 Å². The molecule has 0 aliphatic carbocycles. The van der Waals surface area contributed by atoms with Gasteiger partial charge in [0.05, 0.1) is 0 Å². The third-order valence-electron chi connectivity index (χ3n) is 3.59. The molecule has 0 fully saturated rings. The summed E-state index contributed by atoms with van der Waals surface area (Å²) in [6.45, 7) is 0. The van der Waals surface area contributed by atoms with Crippen LogP contribution in [0.15, 0.2) is 72.3 Å². The summed E-state index contributed by atoms with van der Waals surface area (Å²) < 4.78 is 15.2. The van der Waals surface area contributed by atoms with Crippen molar-refractivity contribution >= 4 is 22.9 Å². The van der Waals surface area contributed by atoms with E-state index in [0.717, 1.165) is 27.8 Å². The third-order valence-corrected chi connectivity index (χ3v) is 4.60. The van der Waals surface area contributed by atoms with Crippen molar-refractivity contribution in [3.63, 3.8) is 0 Å². The Labute approximate surface area is 142 Å². The van der Waals surface area contributed by atoms with Crippen LogP contribution in [0.4, 0.5) is 4.39 Å². The van der Waals surface area contributed by atoms with Crippen LogP contribution < -0.4 is 0 Å². The molecule has 24 heavy (non-hydrogen) atoms. The average molecular weight is 336 g/mol. The molecule has 0 bridgehead atoms. The molecule has 0 N–H and O–H groups in total. The van der Waals surface area contributed by atoms with Gasteiger partial charge in [0.1, 0.15) is 11.3 Å². The van der Waals surface area contributed by atoms with E-state index in [1.807, 2.05) is 28.8 Å². The predicted molar refractivity (Wildman–Crippen MR) is 92.6 cm³/mol. The molecule has 0 spiro atoms. The Balaban J connectivity index is 1.76. The first kappa shape index (κ1) is 14.8. The molecule has 0 saturated carbocycles. The number of fused-ring (bicyclic) bond motifs is 1. The van der Waals surface area contributed by atoms with E-state index in [2.05, 4.69) is 15.0 Å². The van der Waals surface area contributed by atoms with Gasteiger partial charge < -0.3 is 0 Å². The second-order valence-corrected chi connectivity index (χ2v) is 6.14. The Kier molecular flexibility index (Phi) is 3.96. The molecule has 118 valence electrons. The van der Waals surface area contributed by atoms with Crippen LogP contribution in [0.5, 0.6) is 0 Å². The molecule has 4 nitrogen and oxygen atoms in total. The SMILES string of the molecule is Fc1ccc(-n2c(SCc3ccncc3)nc3cccnc32)cc1. The van der Waals surface area contributed by atoms with Crippen molar-refractivity contribution in [1.82, 2.24) is 19.5 Å². The Morgan fingerprint density at radius 1 is 0.958 bits per heavy atom. The molecule has 0 aliphatic rings. The van der Waals surface area contributed by atoms with Crippen molar-refractivity contribution in [3.05, 3.63) is 78.5 Å². The average Bonchev–Trinajstić information content (AvgIpc) is 3.00. The number of hydrogen-bond donors (Lipinski definition) is 0. The fourth-order valence-electron chi connectivity index (χ4n) is 2.44. The molecule has 3 aromatic heterocycles. The molecule has 4 rings (SSSR count). The van der Waals surface area contributed by atoms with E-state index >= 15 is 0 Å². The number of nitrogens with zero attached hydrogens (tertiary/aromatic N) is 4. The van der Waals surface area contributed by atoms with Crippen LogP contribution >= 0.6 is 11.8 Å². The number of rotatable bonds is 4. The molecule has 0 saturated heterocycles. The number of hydrogen-bond acceptors (Lipinski definition) is 4. The van der Waals surface area contributed by atoms with E-state index in [0.29, 0.717) is 0 Å². The fourth-order valence-corrected chi connectivity index (χ4v) is 3.41. The minimum Gasteiger partial charge on any atom is -0.272 e. The second-order valence-electron chi connectivity index (χ2n) is 5.20. The molecular formula is C18H13FN4S. The largest absolute Gasteiger partial charge is 0.272 e. The number of halogens is 1. The monoisotopic (exact) mass is 336 g/mol. The lowest BCUT2D eigenvalue weighted by Crippen LogP contribution is -1.98. The second kappa shape index (κ2) is 6.41. The fraction of sp³-hybridized carbons (Fsp3) is 0.0556. The van der Waals surface area contributed by atoms with Gasteiger partial charge in [0, 0.05) is 30.0 Å². The van der Waals surface area contributed by atoms with Gasteiger partial charge in [0.2, 0.25) is 0 Å². The van der Waals surface area contributed by atoms with Gasteiger partial charge in [-0.1, -0.05) is 11.8 Å². The molecule has 6 heteroatoms. The van der Waals surface area contributed by atoms with E-state index in [1.54, 1.807) is 42.5 Å². The Bertz CT molecular complexity index is 967. The maximum atomic E-state index is 13.3. The first-order valence-electron chi connectivity index (χ1n) is 7.42. The summed E-state index contributed by atoms with van der Waals surface area (Å²) >= 11 is 1.62. The van der Waals surface area contributed by atoms with Crippen molar-refractivity contribution < 1.29 is 4.39 Å². The van der Waals surface area contributed by atoms with Gasteiger partial charge in [-0.15, -0.1) is 0 Å². The van der Waals surface area contributed by atoms with Crippen LogP contribution in [-0.4, -0.2) is 19.5 Å². The Hall–Kier alpha value is -2.73. The molecular weight excluding hydrogens is 323 g/mol. The van der Waals surface area contributed by atoms with Crippen LogP contribution in [-0.2, 0) is 5.75 Å². The number of imidazole rings is 1. The first-order valence-corrected chi connectivity index (χ1v) is 8.41. The van der Waals surface area contributed by atoms with Crippen molar-refractivity contribution in [3.8, 4) is 5.69 Å². The smallest absolute Gasteiger partial charge is 0.175 e. The highest BCUT2D eigenvalue weighted by Crippen LogP contribution is 2.29. The number of thioether (sulfide) groups is 1. The Morgan fingerprint density at radius 3 is 2.54 bits per heavy atom. The molecule has 4 aromatic rings.